The van der Waals surface area contributed by atoms with Gasteiger partial charge in [0, 0.05) is 38.3 Å². The molecule has 0 radical (unpaired) electrons. The van der Waals surface area contributed by atoms with Crippen LogP contribution in [0.5, 0.6) is 0 Å². The van der Waals surface area contributed by atoms with Gasteiger partial charge in [-0.3, -0.25) is 9.59 Å². The largest absolute Gasteiger partial charge is 0.380 e. The summed E-state index contributed by atoms with van der Waals surface area (Å²) in [6.45, 7) is 3.33. The van der Waals surface area contributed by atoms with Crippen molar-refractivity contribution in [2.24, 2.45) is 7.05 Å². The Labute approximate surface area is 180 Å². The summed E-state index contributed by atoms with van der Waals surface area (Å²) in [5.74, 6) is -0.225. The molecule has 2 heterocycles. The number of benzene rings is 2. The van der Waals surface area contributed by atoms with Gasteiger partial charge in [0.15, 0.2) is 0 Å². The second-order valence-corrected chi connectivity index (χ2v) is 8.77. The van der Waals surface area contributed by atoms with E-state index in [-0.39, 0.29) is 17.9 Å². The number of aliphatic hydroxyl groups is 1. The molecule has 1 aliphatic carbocycles. The molecule has 2 amide bonds. The van der Waals surface area contributed by atoms with Crippen LogP contribution in [-0.2, 0) is 11.8 Å². The summed E-state index contributed by atoms with van der Waals surface area (Å²) in [7, 11) is 1.97. The van der Waals surface area contributed by atoms with Crippen LogP contribution in [0.4, 0.5) is 0 Å². The highest BCUT2D eigenvalue weighted by Gasteiger charge is 2.51. The first kappa shape index (κ1) is 19.8. The molecule has 3 aromatic rings. The zero-order chi connectivity index (χ0) is 21.8. The molecule has 1 saturated carbocycles. The highest BCUT2D eigenvalue weighted by atomic mass is 16.3. The Morgan fingerprint density at radius 3 is 2.45 bits per heavy atom. The molecule has 2 aromatic carbocycles. The lowest BCUT2D eigenvalue weighted by atomic mass is 10.0. The predicted molar refractivity (Wildman–Crippen MR) is 117 cm³/mol. The average molecular weight is 418 g/mol. The zero-order valence-corrected chi connectivity index (χ0v) is 17.8. The fourth-order valence-electron chi connectivity index (χ4n) is 4.35. The molecule has 2 fully saturated rings. The van der Waals surface area contributed by atoms with Crippen LogP contribution < -0.4 is 0 Å². The average Bonchev–Trinajstić information content (AvgIpc) is 3.44. The van der Waals surface area contributed by atoms with E-state index in [0.29, 0.717) is 38.0 Å². The quantitative estimate of drug-likeness (QED) is 0.709. The molecule has 1 saturated heterocycles. The van der Waals surface area contributed by atoms with Gasteiger partial charge >= 0.3 is 0 Å². The summed E-state index contributed by atoms with van der Waals surface area (Å²) >= 11 is 0. The number of carbonyl (C=O) groups excluding carboxylic acids is 2. The highest BCUT2D eigenvalue weighted by Crippen LogP contribution is 2.37. The number of rotatable bonds is 3. The lowest BCUT2D eigenvalue weighted by Gasteiger charge is -2.40. The van der Waals surface area contributed by atoms with Crippen molar-refractivity contribution in [2.75, 3.05) is 19.6 Å². The number of nitrogens with zero attached hydrogens (tertiary/aromatic N) is 4. The standard InChI is InChI=1S/C24H26N4O3/c1-16-14-27(11-12-28(16)23(30)24(31)9-10-24)22(29)18-5-3-17(4-6-18)19-7-8-21-20(13-19)25-15-26(21)2/h3-8,13,15-16,31H,9-12,14H2,1-2H3/t16-/m1/s1. The van der Waals surface area contributed by atoms with Gasteiger partial charge in [0.05, 0.1) is 17.4 Å². The fourth-order valence-corrected chi connectivity index (χ4v) is 4.35. The lowest BCUT2D eigenvalue weighted by Crippen LogP contribution is -2.57. The van der Waals surface area contributed by atoms with E-state index in [4.69, 9.17) is 0 Å². The molecule has 1 aliphatic heterocycles. The number of aryl methyl sites for hydroxylation is 1. The lowest BCUT2D eigenvalue weighted by molar-refractivity contribution is -0.146. The third-order valence-corrected chi connectivity index (χ3v) is 6.49. The first-order valence-corrected chi connectivity index (χ1v) is 10.7. The Balaban J connectivity index is 1.28. The number of fused-ring (bicyclic) bond motifs is 1. The number of carbonyl (C=O) groups is 2. The second-order valence-electron chi connectivity index (χ2n) is 8.77. The van der Waals surface area contributed by atoms with Gasteiger partial charge in [-0.2, -0.15) is 0 Å². The molecular formula is C24H26N4O3. The zero-order valence-electron chi connectivity index (χ0n) is 17.8. The molecule has 160 valence electrons. The topological polar surface area (TPSA) is 78.7 Å². The summed E-state index contributed by atoms with van der Waals surface area (Å²) in [5, 5.41) is 10.1. The van der Waals surface area contributed by atoms with Gasteiger partial charge in [-0.25, -0.2) is 4.98 Å². The molecule has 2 aliphatic rings. The van der Waals surface area contributed by atoms with Crippen LogP contribution in [0.2, 0.25) is 0 Å². The van der Waals surface area contributed by atoms with Crippen molar-refractivity contribution < 1.29 is 14.7 Å². The number of hydrogen-bond acceptors (Lipinski definition) is 4. The maximum absolute atomic E-state index is 13.0. The summed E-state index contributed by atoms with van der Waals surface area (Å²) in [6.07, 6.45) is 2.88. The van der Waals surface area contributed by atoms with E-state index in [1.165, 1.54) is 0 Å². The smallest absolute Gasteiger partial charge is 0.254 e. The number of hydrogen-bond donors (Lipinski definition) is 1. The van der Waals surface area contributed by atoms with Gasteiger partial charge < -0.3 is 19.5 Å². The van der Waals surface area contributed by atoms with Gasteiger partial charge in [-0.15, -0.1) is 0 Å². The Morgan fingerprint density at radius 2 is 1.77 bits per heavy atom. The summed E-state index contributed by atoms with van der Waals surface area (Å²) < 4.78 is 1.99. The van der Waals surface area contributed by atoms with Crippen molar-refractivity contribution in [1.29, 1.82) is 0 Å². The van der Waals surface area contributed by atoms with E-state index in [1.807, 2.05) is 42.8 Å². The van der Waals surface area contributed by atoms with Crippen LogP contribution in [0.1, 0.15) is 30.1 Å². The summed E-state index contributed by atoms with van der Waals surface area (Å²) in [5.41, 5.74) is 3.59. The minimum absolute atomic E-state index is 0.0317. The van der Waals surface area contributed by atoms with Gasteiger partial charge in [-0.1, -0.05) is 18.2 Å². The van der Waals surface area contributed by atoms with E-state index in [9.17, 15) is 14.7 Å². The van der Waals surface area contributed by atoms with Gasteiger partial charge in [-0.05, 0) is 55.2 Å². The van der Waals surface area contributed by atoms with Crippen LogP contribution >= 0.6 is 0 Å². The molecule has 31 heavy (non-hydrogen) atoms. The number of piperazine rings is 1. The van der Waals surface area contributed by atoms with Crippen LogP contribution in [0.15, 0.2) is 48.8 Å². The Hall–Kier alpha value is -3.19. The maximum atomic E-state index is 13.0. The molecular weight excluding hydrogens is 392 g/mol. The Morgan fingerprint density at radius 1 is 1.06 bits per heavy atom. The number of aromatic nitrogens is 2. The van der Waals surface area contributed by atoms with Gasteiger partial charge in [0.25, 0.3) is 11.8 Å². The Kier molecular flexibility index (Phi) is 4.59. The van der Waals surface area contributed by atoms with Gasteiger partial charge in [0.1, 0.15) is 5.60 Å². The van der Waals surface area contributed by atoms with Gasteiger partial charge in [0.2, 0.25) is 0 Å². The predicted octanol–water partition coefficient (Wildman–Crippen LogP) is 2.44. The monoisotopic (exact) mass is 418 g/mol. The molecule has 0 unspecified atom stereocenters. The van der Waals surface area contributed by atoms with Crippen molar-refractivity contribution in [2.45, 2.75) is 31.4 Å². The second kappa shape index (κ2) is 7.20. The first-order valence-electron chi connectivity index (χ1n) is 10.7. The molecule has 1 N–H and O–H groups in total. The van der Waals surface area contributed by atoms with Crippen LogP contribution in [0.25, 0.3) is 22.2 Å². The third kappa shape index (κ3) is 3.49. The first-order chi connectivity index (χ1) is 14.9. The normalized spacial score (nSPS) is 20.2. The van der Waals surface area contributed by atoms with E-state index in [0.717, 1.165) is 22.2 Å². The van der Waals surface area contributed by atoms with Crippen LogP contribution in [0, 0.1) is 0 Å². The summed E-state index contributed by atoms with van der Waals surface area (Å²) in [6, 6.07) is 13.7. The molecule has 7 heteroatoms. The SMILES string of the molecule is C[C@@H]1CN(C(=O)c2ccc(-c3ccc4c(c3)ncn4C)cc2)CCN1C(=O)C1(O)CC1. The molecule has 7 nitrogen and oxygen atoms in total. The third-order valence-electron chi connectivity index (χ3n) is 6.49. The van der Waals surface area contributed by atoms with E-state index >= 15 is 0 Å². The van der Waals surface area contributed by atoms with E-state index in [1.54, 1.807) is 16.1 Å². The number of amides is 2. The van der Waals surface area contributed by atoms with Crippen molar-refractivity contribution >= 4 is 22.8 Å². The fraction of sp³-hybridized carbons (Fsp3) is 0.375. The summed E-state index contributed by atoms with van der Waals surface area (Å²) in [4.78, 5) is 33.4. The van der Waals surface area contributed by atoms with E-state index in [2.05, 4.69) is 23.2 Å². The molecule has 0 spiro atoms. The van der Waals surface area contributed by atoms with Crippen LogP contribution in [-0.4, -0.2) is 67.5 Å². The molecule has 5 rings (SSSR count). The highest BCUT2D eigenvalue weighted by molar-refractivity contribution is 5.95. The van der Waals surface area contributed by atoms with Crippen molar-refractivity contribution in [3.8, 4) is 11.1 Å². The molecule has 1 atom stereocenters. The Bertz CT molecular complexity index is 1160. The minimum Gasteiger partial charge on any atom is -0.380 e. The minimum atomic E-state index is -1.16. The number of imidazole rings is 1. The van der Waals surface area contributed by atoms with Crippen molar-refractivity contribution in [3.05, 3.63) is 54.4 Å². The molecule has 0 bridgehead atoms. The van der Waals surface area contributed by atoms with Crippen molar-refractivity contribution in [1.82, 2.24) is 19.4 Å². The van der Waals surface area contributed by atoms with Crippen molar-refractivity contribution in [3.63, 3.8) is 0 Å². The van der Waals surface area contributed by atoms with Crippen LogP contribution in [0.3, 0.4) is 0 Å². The maximum Gasteiger partial charge on any atom is 0.254 e. The molecule has 1 aromatic heterocycles. The van der Waals surface area contributed by atoms with E-state index < -0.39 is 5.60 Å².